The molecular formula is C28H23Cl2NO5. The normalized spacial score (nSPS) is 19.9. The second kappa shape index (κ2) is 8.95. The fourth-order valence-electron chi connectivity index (χ4n) is 5.39. The summed E-state index contributed by atoms with van der Waals surface area (Å²) < 4.78 is 22.2. The Bertz CT molecular complexity index is 1430. The van der Waals surface area contributed by atoms with Crippen LogP contribution in [0.3, 0.4) is 0 Å². The molecule has 184 valence electrons. The molecule has 0 radical (unpaired) electrons. The molecule has 6 rings (SSSR count). The first-order valence-electron chi connectivity index (χ1n) is 11.6. The van der Waals surface area contributed by atoms with Gasteiger partial charge in [0.05, 0.1) is 24.3 Å². The highest BCUT2D eigenvalue weighted by atomic mass is 35.5. The van der Waals surface area contributed by atoms with Crippen LogP contribution in [-0.2, 0) is 4.79 Å². The largest absolute Gasteiger partial charge is 0.493 e. The lowest BCUT2D eigenvalue weighted by molar-refractivity contribution is -0.116. The minimum atomic E-state index is -0.306. The molecule has 0 bridgehead atoms. The molecule has 1 N–H and O–H groups in total. The Balaban J connectivity index is 1.46. The predicted octanol–water partition coefficient (Wildman–Crippen LogP) is 6.70. The van der Waals surface area contributed by atoms with Crippen LogP contribution in [0.5, 0.6) is 23.0 Å². The van der Waals surface area contributed by atoms with Gasteiger partial charge in [-0.2, -0.15) is 0 Å². The number of hydrogen-bond acceptors (Lipinski definition) is 6. The summed E-state index contributed by atoms with van der Waals surface area (Å²) in [5.41, 5.74) is 5.39. The molecule has 1 aliphatic carbocycles. The van der Waals surface area contributed by atoms with E-state index in [0.29, 0.717) is 45.9 Å². The number of ether oxygens (including phenoxy) is 4. The Hall–Kier alpha value is -3.35. The van der Waals surface area contributed by atoms with E-state index in [0.717, 1.165) is 33.6 Å². The van der Waals surface area contributed by atoms with Crippen molar-refractivity contribution in [3.8, 4) is 23.0 Å². The molecule has 3 aliphatic rings. The number of carbonyl (C=O) groups is 1. The van der Waals surface area contributed by atoms with Crippen LogP contribution in [0, 0.1) is 0 Å². The average Bonchev–Trinajstić information content (AvgIpc) is 3.34. The van der Waals surface area contributed by atoms with Crippen LogP contribution in [0.1, 0.15) is 41.4 Å². The maximum absolute atomic E-state index is 13.8. The molecule has 2 aliphatic heterocycles. The van der Waals surface area contributed by atoms with Crippen LogP contribution in [0.4, 0.5) is 5.69 Å². The Labute approximate surface area is 218 Å². The summed E-state index contributed by atoms with van der Waals surface area (Å²) in [4.78, 5) is 13.8. The molecule has 0 unspecified atom stereocenters. The molecule has 2 atom stereocenters. The molecule has 2 heterocycles. The minimum Gasteiger partial charge on any atom is -0.493 e. The van der Waals surface area contributed by atoms with Crippen molar-refractivity contribution in [3.63, 3.8) is 0 Å². The first kappa shape index (κ1) is 23.1. The summed E-state index contributed by atoms with van der Waals surface area (Å²) in [5.74, 6) is 2.41. The van der Waals surface area contributed by atoms with Crippen LogP contribution in [0.15, 0.2) is 59.8 Å². The maximum atomic E-state index is 13.8. The van der Waals surface area contributed by atoms with Crippen LogP contribution >= 0.6 is 23.2 Å². The number of ketones is 1. The smallest absolute Gasteiger partial charge is 0.231 e. The van der Waals surface area contributed by atoms with Gasteiger partial charge < -0.3 is 24.3 Å². The van der Waals surface area contributed by atoms with Gasteiger partial charge in [-0.15, -0.1) is 0 Å². The average molecular weight is 524 g/mol. The van der Waals surface area contributed by atoms with E-state index in [9.17, 15) is 4.79 Å². The van der Waals surface area contributed by atoms with Crippen molar-refractivity contribution in [1.29, 1.82) is 0 Å². The SMILES string of the molecule is COc1ccc([C@@H]2CC(=O)C3=C(C2)Nc2cc4c(cc2[C@H]3c2ccc(Cl)c(Cl)c2)OCO4)cc1OC. The number of methoxy groups -OCH3 is 2. The van der Waals surface area contributed by atoms with E-state index in [-0.39, 0.29) is 24.4 Å². The van der Waals surface area contributed by atoms with E-state index in [2.05, 4.69) is 5.32 Å². The number of benzene rings is 3. The predicted molar refractivity (Wildman–Crippen MR) is 138 cm³/mol. The first-order valence-corrected chi connectivity index (χ1v) is 12.4. The van der Waals surface area contributed by atoms with Gasteiger partial charge in [0.2, 0.25) is 6.79 Å². The van der Waals surface area contributed by atoms with Crippen molar-refractivity contribution in [2.45, 2.75) is 24.7 Å². The van der Waals surface area contributed by atoms with Gasteiger partial charge in [0.1, 0.15) is 0 Å². The van der Waals surface area contributed by atoms with Gasteiger partial charge in [-0.25, -0.2) is 0 Å². The molecule has 0 amide bonds. The third-order valence-electron chi connectivity index (χ3n) is 7.09. The number of hydrogen-bond donors (Lipinski definition) is 1. The van der Waals surface area contributed by atoms with Crippen molar-refractivity contribution in [2.75, 3.05) is 26.3 Å². The van der Waals surface area contributed by atoms with Crippen LogP contribution in [0.2, 0.25) is 10.0 Å². The van der Waals surface area contributed by atoms with E-state index in [1.165, 1.54) is 0 Å². The van der Waals surface area contributed by atoms with Gasteiger partial charge in [0.15, 0.2) is 28.8 Å². The highest BCUT2D eigenvalue weighted by Crippen LogP contribution is 2.52. The number of rotatable bonds is 4. The number of nitrogens with one attached hydrogen (secondary N) is 1. The third kappa shape index (κ3) is 3.76. The van der Waals surface area contributed by atoms with Crippen molar-refractivity contribution in [1.82, 2.24) is 0 Å². The number of anilines is 1. The monoisotopic (exact) mass is 523 g/mol. The van der Waals surface area contributed by atoms with Gasteiger partial charge in [-0.3, -0.25) is 4.79 Å². The fraction of sp³-hybridized carbons (Fsp3) is 0.250. The first-order chi connectivity index (χ1) is 17.5. The fourth-order valence-corrected chi connectivity index (χ4v) is 5.69. The van der Waals surface area contributed by atoms with Crippen molar-refractivity contribution in [2.24, 2.45) is 0 Å². The zero-order valence-corrected chi connectivity index (χ0v) is 21.2. The topological polar surface area (TPSA) is 66.0 Å². The highest BCUT2D eigenvalue weighted by molar-refractivity contribution is 6.42. The quantitative estimate of drug-likeness (QED) is 0.410. The molecular weight excluding hydrogens is 501 g/mol. The highest BCUT2D eigenvalue weighted by Gasteiger charge is 2.39. The minimum absolute atomic E-state index is 0.00595. The maximum Gasteiger partial charge on any atom is 0.231 e. The second-order valence-corrected chi connectivity index (χ2v) is 9.87. The van der Waals surface area contributed by atoms with Crippen LogP contribution in [0.25, 0.3) is 0 Å². The molecule has 0 saturated carbocycles. The lowest BCUT2D eigenvalue weighted by Gasteiger charge is -2.37. The van der Waals surface area contributed by atoms with Crippen molar-refractivity contribution in [3.05, 3.63) is 86.5 Å². The van der Waals surface area contributed by atoms with Crippen LogP contribution in [-0.4, -0.2) is 26.8 Å². The van der Waals surface area contributed by atoms with Gasteiger partial charge in [0, 0.05) is 35.4 Å². The molecule has 3 aromatic rings. The van der Waals surface area contributed by atoms with E-state index in [1.807, 2.05) is 42.5 Å². The number of Topliss-reactive ketones (excluding diaryl/α,β-unsaturated/α-hetero) is 1. The third-order valence-corrected chi connectivity index (χ3v) is 7.83. The van der Waals surface area contributed by atoms with E-state index in [4.69, 9.17) is 42.1 Å². The lowest BCUT2D eigenvalue weighted by Crippen LogP contribution is -2.29. The Morgan fingerprint density at radius 2 is 1.61 bits per heavy atom. The summed E-state index contributed by atoms with van der Waals surface area (Å²) in [7, 11) is 3.22. The summed E-state index contributed by atoms with van der Waals surface area (Å²) >= 11 is 12.6. The van der Waals surface area contributed by atoms with Crippen LogP contribution < -0.4 is 24.3 Å². The van der Waals surface area contributed by atoms with Gasteiger partial charge >= 0.3 is 0 Å². The Morgan fingerprint density at radius 1 is 0.861 bits per heavy atom. The van der Waals surface area contributed by atoms with E-state index >= 15 is 0 Å². The van der Waals surface area contributed by atoms with E-state index < -0.39 is 0 Å². The summed E-state index contributed by atoms with van der Waals surface area (Å²) in [6.07, 6.45) is 1.05. The van der Waals surface area contributed by atoms with Crippen molar-refractivity contribution < 1.29 is 23.7 Å². The van der Waals surface area contributed by atoms with Crippen molar-refractivity contribution >= 4 is 34.7 Å². The zero-order chi connectivity index (χ0) is 25.0. The molecule has 6 nitrogen and oxygen atoms in total. The molecule has 36 heavy (non-hydrogen) atoms. The Morgan fingerprint density at radius 3 is 2.36 bits per heavy atom. The molecule has 8 heteroatoms. The van der Waals surface area contributed by atoms with Gasteiger partial charge in [-0.05, 0) is 59.4 Å². The number of allylic oxidation sites excluding steroid dienone is 2. The second-order valence-electron chi connectivity index (χ2n) is 9.06. The van der Waals surface area contributed by atoms with Gasteiger partial charge in [0.25, 0.3) is 0 Å². The number of halogens is 2. The molecule has 0 aromatic heterocycles. The molecule has 0 fully saturated rings. The summed E-state index contributed by atoms with van der Waals surface area (Å²) in [6, 6.07) is 15.3. The molecule has 0 spiro atoms. The number of fused-ring (bicyclic) bond motifs is 2. The number of carbonyl (C=O) groups excluding carboxylic acids is 1. The molecule has 3 aromatic carbocycles. The molecule has 0 saturated heterocycles. The zero-order valence-electron chi connectivity index (χ0n) is 19.7. The van der Waals surface area contributed by atoms with E-state index in [1.54, 1.807) is 20.3 Å². The lowest BCUT2D eigenvalue weighted by atomic mass is 9.72. The summed E-state index contributed by atoms with van der Waals surface area (Å²) in [5, 5.41) is 4.46. The standard InChI is InChI=1S/C28H23Cl2NO5/c1-33-23-6-4-14(10-24(23)34-2)16-8-21-28(22(32)9-16)27(15-3-5-18(29)19(30)7-15)17-11-25-26(36-13-35-25)12-20(17)31-21/h3-7,10-12,16,27,31H,8-9,13H2,1-2H3/t16-,27+/m0/s1. The Kier molecular flexibility index (Phi) is 5.73. The van der Waals surface area contributed by atoms with Gasteiger partial charge in [-0.1, -0.05) is 35.3 Å². The summed E-state index contributed by atoms with van der Waals surface area (Å²) in [6.45, 7) is 0.170.